The highest BCUT2D eigenvalue weighted by Gasteiger charge is 2.37. The molecule has 146 valence electrons. The number of hydrogen-bond acceptors (Lipinski definition) is 5. The average Bonchev–Trinajstić information content (AvgIpc) is 3.26. The van der Waals surface area contributed by atoms with Gasteiger partial charge in [0, 0.05) is 12.2 Å². The summed E-state index contributed by atoms with van der Waals surface area (Å²) in [6, 6.07) is 11.4. The summed E-state index contributed by atoms with van der Waals surface area (Å²) >= 11 is 0. The molecule has 0 aliphatic carbocycles. The molecule has 1 atom stereocenters. The molecule has 7 nitrogen and oxygen atoms in total. The maximum absolute atomic E-state index is 12.7. The van der Waals surface area contributed by atoms with Crippen LogP contribution in [0.25, 0.3) is 0 Å². The van der Waals surface area contributed by atoms with Gasteiger partial charge in [-0.05, 0) is 43.2 Å². The maximum Gasteiger partial charge on any atom is 0.261 e. The second-order valence-corrected chi connectivity index (χ2v) is 6.66. The van der Waals surface area contributed by atoms with Crippen molar-refractivity contribution in [3.05, 3.63) is 59.2 Å². The fraction of sp³-hybridized carbons (Fsp3) is 0.250. The standard InChI is InChI=1S/C20H19N3O4.ClH/c21-16-5-1-2-6-17(16)22-18(24)12-7-8-14-15(10-12)20(26)23(19(14)25)11-13-4-3-9-27-13;/h1-2,5-8,10,13H,3-4,9,11,21H2,(H,22,24);1H. The summed E-state index contributed by atoms with van der Waals surface area (Å²) in [6.07, 6.45) is 1.65. The first-order chi connectivity index (χ1) is 13.0. The number of carbonyl (C=O) groups excluding carboxylic acids is 3. The van der Waals surface area contributed by atoms with Gasteiger partial charge >= 0.3 is 0 Å². The minimum Gasteiger partial charge on any atom is -0.397 e. The van der Waals surface area contributed by atoms with Crippen LogP contribution in [0, 0.1) is 0 Å². The molecule has 3 N–H and O–H groups in total. The number of anilines is 2. The Labute approximate surface area is 168 Å². The van der Waals surface area contributed by atoms with E-state index in [-0.39, 0.29) is 48.0 Å². The van der Waals surface area contributed by atoms with Gasteiger partial charge in [0.1, 0.15) is 0 Å². The molecule has 0 bridgehead atoms. The molecule has 4 rings (SSSR count). The normalized spacial score (nSPS) is 18.0. The van der Waals surface area contributed by atoms with Gasteiger partial charge in [-0.1, -0.05) is 12.1 Å². The van der Waals surface area contributed by atoms with E-state index in [1.807, 2.05) is 0 Å². The van der Waals surface area contributed by atoms with Gasteiger partial charge in [0.05, 0.1) is 35.2 Å². The summed E-state index contributed by atoms with van der Waals surface area (Å²) in [6.45, 7) is 0.898. The molecule has 0 aromatic heterocycles. The lowest BCUT2D eigenvalue weighted by atomic mass is 10.1. The Morgan fingerprint density at radius 3 is 2.61 bits per heavy atom. The Hall–Kier alpha value is -2.90. The lowest BCUT2D eigenvalue weighted by molar-refractivity contribution is 0.0475. The van der Waals surface area contributed by atoms with Gasteiger partial charge in [-0.2, -0.15) is 0 Å². The molecule has 3 amide bonds. The zero-order chi connectivity index (χ0) is 19.0. The number of nitrogens with two attached hydrogens (primary N) is 1. The number of benzene rings is 2. The van der Waals surface area contributed by atoms with Crippen molar-refractivity contribution in [2.75, 3.05) is 24.2 Å². The lowest BCUT2D eigenvalue weighted by Gasteiger charge is -2.17. The van der Waals surface area contributed by atoms with Gasteiger partial charge < -0.3 is 15.8 Å². The van der Waals surface area contributed by atoms with Crippen LogP contribution < -0.4 is 11.1 Å². The van der Waals surface area contributed by atoms with E-state index >= 15 is 0 Å². The number of fused-ring (bicyclic) bond motifs is 1. The van der Waals surface area contributed by atoms with Crippen LogP contribution in [0.1, 0.15) is 43.9 Å². The number of nitrogen functional groups attached to an aromatic ring is 1. The molecule has 0 spiro atoms. The summed E-state index contributed by atoms with van der Waals surface area (Å²) in [5.74, 6) is -1.13. The minimum absolute atomic E-state index is 0. The fourth-order valence-electron chi connectivity index (χ4n) is 3.40. The van der Waals surface area contributed by atoms with Crippen LogP contribution >= 0.6 is 12.4 Å². The Balaban J connectivity index is 0.00000225. The van der Waals surface area contributed by atoms with Crippen LogP contribution in [0.3, 0.4) is 0 Å². The predicted octanol–water partition coefficient (Wildman–Crippen LogP) is 2.72. The number of halogens is 1. The predicted molar refractivity (Wildman–Crippen MR) is 107 cm³/mol. The second kappa shape index (κ2) is 8.00. The van der Waals surface area contributed by atoms with Gasteiger partial charge in [0.25, 0.3) is 17.7 Å². The third kappa shape index (κ3) is 3.58. The zero-order valence-electron chi connectivity index (χ0n) is 15.0. The van der Waals surface area contributed by atoms with Crippen molar-refractivity contribution >= 4 is 41.5 Å². The third-order valence-electron chi connectivity index (χ3n) is 4.85. The first-order valence-corrected chi connectivity index (χ1v) is 8.82. The van der Waals surface area contributed by atoms with Gasteiger partial charge in [0.15, 0.2) is 0 Å². The van der Waals surface area contributed by atoms with Crippen LogP contribution in [0.2, 0.25) is 0 Å². The van der Waals surface area contributed by atoms with Crippen molar-refractivity contribution in [1.29, 1.82) is 0 Å². The Morgan fingerprint density at radius 1 is 1.14 bits per heavy atom. The van der Waals surface area contributed by atoms with E-state index in [4.69, 9.17) is 10.5 Å². The molecule has 0 saturated carbocycles. The van der Waals surface area contributed by atoms with Gasteiger partial charge in [0.2, 0.25) is 0 Å². The molecule has 2 aromatic rings. The number of amides is 3. The molecule has 0 radical (unpaired) electrons. The Kier molecular flexibility index (Phi) is 5.67. The van der Waals surface area contributed by atoms with Crippen molar-refractivity contribution in [2.24, 2.45) is 0 Å². The average molecular weight is 402 g/mol. The number of para-hydroxylation sites is 2. The number of nitrogens with zero attached hydrogens (tertiary/aromatic N) is 1. The molecule has 28 heavy (non-hydrogen) atoms. The number of rotatable bonds is 4. The molecule has 2 aromatic carbocycles. The van der Waals surface area contributed by atoms with E-state index in [0.29, 0.717) is 23.5 Å². The van der Waals surface area contributed by atoms with Crippen LogP contribution in [0.15, 0.2) is 42.5 Å². The van der Waals surface area contributed by atoms with Crippen LogP contribution in [-0.2, 0) is 4.74 Å². The van der Waals surface area contributed by atoms with E-state index in [2.05, 4.69) is 5.32 Å². The summed E-state index contributed by atoms with van der Waals surface area (Å²) in [5.41, 5.74) is 7.62. The molecular weight excluding hydrogens is 382 g/mol. The highest BCUT2D eigenvalue weighted by molar-refractivity contribution is 6.22. The van der Waals surface area contributed by atoms with E-state index in [1.165, 1.54) is 23.1 Å². The summed E-state index contributed by atoms with van der Waals surface area (Å²) in [7, 11) is 0. The Morgan fingerprint density at radius 2 is 1.89 bits per heavy atom. The number of imide groups is 1. The first-order valence-electron chi connectivity index (χ1n) is 8.82. The molecular formula is C20H20ClN3O4. The number of carbonyl (C=O) groups is 3. The number of hydrogen-bond donors (Lipinski definition) is 2. The van der Waals surface area contributed by atoms with Crippen molar-refractivity contribution in [2.45, 2.75) is 18.9 Å². The number of ether oxygens (including phenoxy) is 1. The molecule has 8 heteroatoms. The number of nitrogens with one attached hydrogen (secondary N) is 1. The highest BCUT2D eigenvalue weighted by Crippen LogP contribution is 2.27. The maximum atomic E-state index is 12.7. The molecule has 1 unspecified atom stereocenters. The molecule has 2 heterocycles. The van der Waals surface area contributed by atoms with Crippen molar-refractivity contribution in [3.8, 4) is 0 Å². The largest absolute Gasteiger partial charge is 0.397 e. The lowest BCUT2D eigenvalue weighted by Crippen LogP contribution is -2.36. The SMILES string of the molecule is Cl.Nc1ccccc1NC(=O)c1ccc2c(c1)C(=O)N(CC1CCCO1)C2=O. The fourth-order valence-corrected chi connectivity index (χ4v) is 3.40. The van der Waals surface area contributed by atoms with Gasteiger partial charge in [-0.25, -0.2) is 0 Å². The first kappa shape index (κ1) is 19.9. The minimum atomic E-state index is -0.395. The van der Waals surface area contributed by atoms with E-state index in [9.17, 15) is 14.4 Å². The van der Waals surface area contributed by atoms with E-state index in [0.717, 1.165) is 12.8 Å². The van der Waals surface area contributed by atoms with Crippen LogP contribution in [0.5, 0.6) is 0 Å². The van der Waals surface area contributed by atoms with Crippen molar-refractivity contribution < 1.29 is 19.1 Å². The van der Waals surface area contributed by atoms with Gasteiger partial charge in [-0.3, -0.25) is 19.3 Å². The van der Waals surface area contributed by atoms with Crippen LogP contribution in [-0.4, -0.2) is 41.9 Å². The molecule has 1 fully saturated rings. The molecule has 2 aliphatic heterocycles. The van der Waals surface area contributed by atoms with Crippen molar-refractivity contribution in [1.82, 2.24) is 4.90 Å². The summed E-state index contributed by atoms with van der Waals surface area (Å²) in [5, 5.41) is 2.72. The van der Waals surface area contributed by atoms with E-state index < -0.39 is 5.91 Å². The molecule has 1 saturated heterocycles. The van der Waals surface area contributed by atoms with Gasteiger partial charge in [-0.15, -0.1) is 12.4 Å². The third-order valence-corrected chi connectivity index (χ3v) is 4.85. The monoisotopic (exact) mass is 401 g/mol. The van der Waals surface area contributed by atoms with E-state index in [1.54, 1.807) is 24.3 Å². The summed E-state index contributed by atoms with van der Waals surface area (Å²) in [4.78, 5) is 38.9. The zero-order valence-corrected chi connectivity index (χ0v) is 15.8. The Bertz CT molecular complexity index is 941. The van der Waals surface area contributed by atoms with Crippen molar-refractivity contribution in [3.63, 3.8) is 0 Å². The quantitative estimate of drug-likeness (QED) is 0.605. The smallest absolute Gasteiger partial charge is 0.261 e. The second-order valence-electron chi connectivity index (χ2n) is 6.66. The summed E-state index contributed by atoms with van der Waals surface area (Å²) < 4.78 is 5.53. The topological polar surface area (TPSA) is 102 Å². The molecule has 2 aliphatic rings. The van der Waals surface area contributed by atoms with Crippen LogP contribution in [0.4, 0.5) is 11.4 Å². The highest BCUT2D eigenvalue weighted by atomic mass is 35.5.